The summed E-state index contributed by atoms with van der Waals surface area (Å²) in [6.07, 6.45) is 1.59. The maximum atomic E-state index is 5.57. The molecule has 2 unspecified atom stereocenters. The molecule has 0 spiro atoms. The molecule has 2 fully saturated rings. The van der Waals surface area contributed by atoms with Crippen LogP contribution < -0.4 is 9.47 Å². The Morgan fingerprint density at radius 1 is 0.800 bits per heavy atom. The Kier molecular flexibility index (Phi) is 8.14. The summed E-state index contributed by atoms with van der Waals surface area (Å²) in [5, 5.41) is 0. The van der Waals surface area contributed by atoms with Crippen molar-refractivity contribution >= 4 is 0 Å². The van der Waals surface area contributed by atoms with Crippen molar-refractivity contribution in [2.75, 3.05) is 40.1 Å². The van der Waals surface area contributed by atoms with Crippen molar-refractivity contribution in [2.45, 2.75) is 44.8 Å². The zero-order valence-electron chi connectivity index (χ0n) is 18.6. The fourth-order valence-corrected chi connectivity index (χ4v) is 2.73. The molecule has 164 valence electrons. The van der Waals surface area contributed by atoms with E-state index < -0.39 is 0 Å². The van der Waals surface area contributed by atoms with E-state index in [2.05, 4.69) is 45.0 Å². The Labute approximate surface area is 180 Å². The van der Waals surface area contributed by atoms with E-state index in [0.29, 0.717) is 25.4 Å². The van der Waals surface area contributed by atoms with Crippen LogP contribution in [-0.2, 0) is 26.0 Å². The van der Waals surface area contributed by atoms with Crippen molar-refractivity contribution in [1.29, 1.82) is 0 Å². The molecule has 0 N–H and O–H groups in total. The van der Waals surface area contributed by atoms with Gasteiger partial charge in [-0.25, -0.2) is 0 Å². The molecule has 0 saturated carbocycles. The lowest BCUT2D eigenvalue weighted by molar-refractivity contribution is 0.202. The molecule has 0 amide bonds. The summed E-state index contributed by atoms with van der Waals surface area (Å²) in [5.74, 6) is 1.84. The third kappa shape index (κ3) is 8.34. The van der Waals surface area contributed by atoms with Crippen LogP contribution in [0.2, 0.25) is 0 Å². The van der Waals surface area contributed by atoms with Gasteiger partial charge in [0.1, 0.15) is 36.9 Å². The molecular formula is C25H34O5. The van der Waals surface area contributed by atoms with Crippen LogP contribution in [0.3, 0.4) is 0 Å². The highest BCUT2D eigenvalue weighted by atomic mass is 16.6. The second-order valence-electron chi connectivity index (χ2n) is 8.69. The Bertz CT molecular complexity index is 741. The Balaban J connectivity index is 0.000000171. The Hall–Kier alpha value is -2.08. The minimum Gasteiger partial charge on any atom is -0.491 e. The lowest BCUT2D eigenvalue weighted by atomic mass is 9.87. The van der Waals surface area contributed by atoms with E-state index in [0.717, 1.165) is 37.7 Å². The number of benzene rings is 2. The summed E-state index contributed by atoms with van der Waals surface area (Å²) in [4.78, 5) is 0. The largest absolute Gasteiger partial charge is 0.491 e. The first-order chi connectivity index (χ1) is 14.4. The molecule has 2 saturated heterocycles. The van der Waals surface area contributed by atoms with E-state index >= 15 is 0 Å². The van der Waals surface area contributed by atoms with E-state index in [1.54, 1.807) is 7.11 Å². The van der Waals surface area contributed by atoms with Crippen molar-refractivity contribution in [2.24, 2.45) is 0 Å². The predicted molar refractivity (Wildman–Crippen MR) is 118 cm³/mol. The van der Waals surface area contributed by atoms with Gasteiger partial charge in [0.05, 0.1) is 19.8 Å². The highest BCUT2D eigenvalue weighted by Gasteiger charge is 2.23. The van der Waals surface area contributed by atoms with Crippen molar-refractivity contribution in [3.63, 3.8) is 0 Å². The van der Waals surface area contributed by atoms with Gasteiger partial charge >= 0.3 is 0 Å². The normalized spacial score (nSPS) is 19.5. The Morgan fingerprint density at radius 2 is 1.27 bits per heavy atom. The zero-order chi connectivity index (χ0) is 21.4. The molecule has 4 rings (SSSR count). The van der Waals surface area contributed by atoms with Gasteiger partial charge < -0.3 is 23.7 Å². The quantitative estimate of drug-likeness (QED) is 0.569. The SMILES string of the molecule is CC(C)(C)c1ccc(OCC2CO2)cc1.COCCc1ccc(OCC2CO2)cc1. The molecule has 2 atom stereocenters. The van der Waals surface area contributed by atoms with Gasteiger partial charge in [-0.3, -0.25) is 0 Å². The molecular weight excluding hydrogens is 380 g/mol. The van der Waals surface area contributed by atoms with Crippen LogP contribution in [0.1, 0.15) is 31.9 Å². The Morgan fingerprint density at radius 3 is 1.67 bits per heavy atom. The highest BCUT2D eigenvalue weighted by Crippen LogP contribution is 2.24. The molecule has 5 nitrogen and oxygen atoms in total. The van der Waals surface area contributed by atoms with Gasteiger partial charge in [0, 0.05) is 7.11 Å². The average molecular weight is 415 g/mol. The number of methoxy groups -OCH3 is 1. The van der Waals surface area contributed by atoms with Gasteiger partial charge in [-0.2, -0.15) is 0 Å². The molecule has 0 bridgehead atoms. The smallest absolute Gasteiger partial charge is 0.119 e. The van der Waals surface area contributed by atoms with Gasteiger partial charge in [0.15, 0.2) is 0 Å². The minimum absolute atomic E-state index is 0.206. The van der Waals surface area contributed by atoms with Crippen LogP contribution in [0.15, 0.2) is 48.5 Å². The van der Waals surface area contributed by atoms with Crippen LogP contribution >= 0.6 is 0 Å². The lowest BCUT2D eigenvalue weighted by Gasteiger charge is -2.19. The number of hydrogen-bond acceptors (Lipinski definition) is 5. The maximum Gasteiger partial charge on any atom is 0.119 e. The summed E-state index contributed by atoms with van der Waals surface area (Å²) in [7, 11) is 1.72. The number of ether oxygens (including phenoxy) is 5. The second-order valence-corrected chi connectivity index (χ2v) is 8.69. The first kappa shape index (κ1) is 22.6. The van der Waals surface area contributed by atoms with E-state index in [9.17, 15) is 0 Å². The van der Waals surface area contributed by atoms with E-state index in [1.807, 2.05) is 24.3 Å². The van der Waals surface area contributed by atoms with E-state index in [-0.39, 0.29) is 5.41 Å². The molecule has 2 aromatic rings. The molecule has 2 aromatic carbocycles. The topological polar surface area (TPSA) is 52.8 Å². The molecule has 5 heteroatoms. The maximum absolute atomic E-state index is 5.57. The molecule has 0 aromatic heterocycles. The number of hydrogen-bond donors (Lipinski definition) is 0. The lowest BCUT2D eigenvalue weighted by Crippen LogP contribution is -2.11. The molecule has 2 aliphatic heterocycles. The van der Waals surface area contributed by atoms with Crippen molar-refractivity contribution in [3.05, 3.63) is 59.7 Å². The van der Waals surface area contributed by atoms with E-state index in [4.69, 9.17) is 23.7 Å². The summed E-state index contributed by atoms with van der Waals surface area (Å²) in [5.41, 5.74) is 2.81. The van der Waals surface area contributed by atoms with E-state index in [1.165, 1.54) is 11.1 Å². The van der Waals surface area contributed by atoms with Crippen molar-refractivity contribution in [1.82, 2.24) is 0 Å². The van der Waals surface area contributed by atoms with Crippen LogP contribution in [0, 0.1) is 0 Å². The fraction of sp³-hybridized carbons (Fsp3) is 0.520. The third-order valence-corrected chi connectivity index (χ3v) is 4.92. The van der Waals surface area contributed by atoms with Crippen LogP contribution in [-0.4, -0.2) is 52.4 Å². The zero-order valence-corrected chi connectivity index (χ0v) is 18.6. The van der Waals surface area contributed by atoms with Crippen LogP contribution in [0.25, 0.3) is 0 Å². The average Bonchev–Trinajstić information content (AvgIpc) is 3.65. The van der Waals surface area contributed by atoms with Gasteiger partial charge in [-0.1, -0.05) is 45.0 Å². The predicted octanol–water partition coefficient (Wildman–Crippen LogP) is 4.41. The highest BCUT2D eigenvalue weighted by molar-refractivity contribution is 5.31. The summed E-state index contributed by atoms with van der Waals surface area (Å²) in [6, 6.07) is 16.4. The number of rotatable bonds is 9. The summed E-state index contributed by atoms with van der Waals surface area (Å²) < 4.78 is 26.3. The standard InChI is InChI=1S/C13H18O2.C12H16O3/c1-13(2,3)10-4-6-11(7-5-10)14-8-12-9-15-12;1-13-7-6-10-2-4-11(5-3-10)14-8-12-9-15-12/h4-7,12H,8-9H2,1-3H3;2-5,12H,6-9H2,1H3. The second kappa shape index (κ2) is 10.8. The summed E-state index contributed by atoms with van der Waals surface area (Å²) >= 11 is 0. The van der Waals surface area contributed by atoms with Gasteiger partial charge in [-0.05, 0) is 47.2 Å². The minimum atomic E-state index is 0.206. The molecule has 0 radical (unpaired) electrons. The van der Waals surface area contributed by atoms with Crippen LogP contribution in [0.5, 0.6) is 11.5 Å². The summed E-state index contributed by atoms with van der Waals surface area (Å²) in [6.45, 7) is 10.4. The molecule has 30 heavy (non-hydrogen) atoms. The van der Waals surface area contributed by atoms with Crippen LogP contribution in [0.4, 0.5) is 0 Å². The third-order valence-electron chi connectivity index (χ3n) is 4.92. The monoisotopic (exact) mass is 414 g/mol. The first-order valence-corrected chi connectivity index (χ1v) is 10.6. The fourth-order valence-electron chi connectivity index (χ4n) is 2.73. The number of epoxide rings is 2. The molecule has 2 heterocycles. The molecule has 0 aliphatic carbocycles. The van der Waals surface area contributed by atoms with Gasteiger partial charge in [-0.15, -0.1) is 0 Å². The first-order valence-electron chi connectivity index (χ1n) is 10.6. The van der Waals surface area contributed by atoms with Crippen molar-refractivity contribution in [3.8, 4) is 11.5 Å². The van der Waals surface area contributed by atoms with Crippen molar-refractivity contribution < 1.29 is 23.7 Å². The van der Waals surface area contributed by atoms with Gasteiger partial charge in [0.25, 0.3) is 0 Å². The van der Waals surface area contributed by atoms with Gasteiger partial charge in [0.2, 0.25) is 0 Å². The molecule has 2 aliphatic rings.